The lowest BCUT2D eigenvalue weighted by molar-refractivity contribution is -0.139. The lowest BCUT2D eigenvalue weighted by atomic mass is 9.88. The normalized spacial score (nSPS) is 18.3. The minimum atomic E-state index is -1.29. The number of carbonyl (C=O) groups excluding carboxylic acids is 2. The van der Waals surface area contributed by atoms with Gasteiger partial charge in [0, 0.05) is 11.8 Å². The average molecular weight is 375 g/mol. The van der Waals surface area contributed by atoms with Crippen LogP contribution in [0.1, 0.15) is 34.0 Å². The number of esters is 1. The van der Waals surface area contributed by atoms with Gasteiger partial charge < -0.3 is 4.74 Å². The number of hydrazine groups is 1. The van der Waals surface area contributed by atoms with E-state index < -0.39 is 17.5 Å². The number of nitrogens with zero attached hydrogens (tertiary/aromatic N) is 1. The molecule has 2 N–H and O–H groups in total. The highest BCUT2D eigenvalue weighted by Gasteiger charge is 2.42. The van der Waals surface area contributed by atoms with E-state index >= 15 is 0 Å². The molecule has 0 aliphatic carbocycles. The van der Waals surface area contributed by atoms with Crippen LogP contribution in [0, 0.1) is 13.8 Å². The minimum Gasteiger partial charge on any atom is -0.445 e. The van der Waals surface area contributed by atoms with Crippen LogP contribution in [0.3, 0.4) is 0 Å². The number of hydrogen-bond acceptors (Lipinski definition) is 5. The first-order valence-electron chi connectivity index (χ1n) is 9.11. The van der Waals surface area contributed by atoms with Gasteiger partial charge in [-0.05, 0) is 50.1 Å². The van der Waals surface area contributed by atoms with Crippen molar-refractivity contribution in [2.24, 2.45) is 0 Å². The number of cyclic esters (lactones) is 1. The summed E-state index contributed by atoms with van der Waals surface area (Å²) >= 11 is 0. The Morgan fingerprint density at radius 1 is 1.14 bits per heavy atom. The van der Waals surface area contributed by atoms with Crippen LogP contribution in [0.2, 0.25) is 0 Å². The van der Waals surface area contributed by atoms with Crippen molar-refractivity contribution in [2.75, 3.05) is 5.43 Å². The number of ether oxygens (including phenoxy) is 1. The van der Waals surface area contributed by atoms with Crippen LogP contribution in [0.25, 0.3) is 10.9 Å². The number of hydrogen-bond donors (Lipinski definition) is 2. The van der Waals surface area contributed by atoms with Crippen molar-refractivity contribution in [1.29, 1.82) is 0 Å². The molecular formula is C22H21N3O3. The third kappa shape index (κ3) is 3.17. The molecule has 2 aromatic carbocycles. The predicted octanol–water partition coefficient (Wildman–Crippen LogP) is 3.47. The molecule has 1 aliphatic heterocycles. The Bertz CT molecular complexity index is 1110. The van der Waals surface area contributed by atoms with Crippen LogP contribution in [0.5, 0.6) is 0 Å². The molecule has 1 amide bonds. The maximum absolute atomic E-state index is 12.8. The second-order valence-corrected chi connectivity index (χ2v) is 7.38. The first-order chi connectivity index (χ1) is 13.4. The summed E-state index contributed by atoms with van der Waals surface area (Å²) in [6.07, 6.45) is 0.312. The zero-order valence-corrected chi connectivity index (χ0v) is 16.0. The summed E-state index contributed by atoms with van der Waals surface area (Å²) in [6, 6.07) is 15.3. The number of aryl methyl sites for hydroxylation is 2. The number of carbonyl (C=O) groups is 2. The van der Waals surface area contributed by atoms with E-state index in [4.69, 9.17) is 4.74 Å². The fourth-order valence-electron chi connectivity index (χ4n) is 3.42. The zero-order chi connectivity index (χ0) is 19.9. The predicted molar refractivity (Wildman–Crippen MR) is 107 cm³/mol. The third-order valence-electron chi connectivity index (χ3n) is 5.02. The lowest BCUT2D eigenvalue weighted by Gasteiger charge is -2.33. The van der Waals surface area contributed by atoms with E-state index in [9.17, 15) is 9.59 Å². The Hall–Kier alpha value is -3.41. The Labute approximate surface area is 162 Å². The van der Waals surface area contributed by atoms with Crippen molar-refractivity contribution in [2.45, 2.75) is 32.8 Å². The summed E-state index contributed by atoms with van der Waals surface area (Å²) in [4.78, 5) is 29.8. The second kappa shape index (κ2) is 6.64. The van der Waals surface area contributed by atoms with Gasteiger partial charge in [-0.15, -0.1) is 0 Å². The van der Waals surface area contributed by atoms with Gasteiger partial charge in [0.15, 0.2) is 5.60 Å². The number of anilines is 1. The molecule has 6 nitrogen and oxygen atoms in total. The lowest BCUT2D eigenvalue weighted by Crippen LogP contribution is -2.53. The van der Waals surface area contributed by atoms with Gasteiger partial charge in [0.1, 0.15) is 5.82 Å². The van der Waals surface area contributed by atoms with Gasteiger partial charge in [-0.2, -0.15) is 0 Å². The molecular weight excluding hydrogens is 354 g/mol. The third-order valence-corrected chi connectivity index (χ3v) is 5.02. The summed E-state index contributed by atoms with van der Waals surface area (Å²) in [5.41, 5.74) is 8.24. The van der Waals surface area contributed by atoms with E-state index in [0.29, 0.717) is 17.8 Å². The van der Waals surface area contributed by atoms with Crippen molar-refractivity contribution >= 4 is 28.6 Å². The summed E-state index contributed by atoms with van der Waals surface area (Å²) in [5.74, 6) is -0.363. The monoisotopic (exact) mass is 375 g/mol. The topological polar surface area (TPSA) is 80.3 Å². The first-order valence-corrected chi connectivity index (χ1v) is 9.11. The van der Waals surface area contributed by atoms with Crippen molar-refractivity contribution in [3.05, 3.63) is 70.8 Å². The van der Waals surface area contributed by atoms with Crippen LogP contribution >= 0.6 is 0 Å². The molecule has 142 valence electrons. The highest BCUT2D eigenvalue weighted by Crippen LogP contribution is 2.29. The first kappa shape index (κ1) is 18.0. The minimum absolute atomic E-state index is 0.312. The molecule has 1 unspecified atom stereocenters. The number of pyridine rings is 1. The molecule has 1 aromatic heterocycles. The molecule has 6 heteroatoms. The molecule has 0 bridgehead atoms. The quantitative estimate of drug-likeness (QED) is 0.541. The largest absolute Gasteiger partial charge is 0.445 e. The van der Waals surface area contributed by atoms with E-state index in [2.05, 4.69) is 15.8 Å². The number of nitrogens with one attached hydrogen (secondary N) is 2. The fourth-order valence-corrected chi connectivity index (χ4v) is 3.42. The molecule has 1 aliphatic rings. The maximum Gasteiger partial charge on any atom is 0.339 e. The summed E-state index contributed by atoms with van der Waals surface area (Å²) < 4.78 is 5.49. The molecule has 28 heavy (non-hydrogen) atoms. The molecule has 0 radical (unpaired) electrons. The van der Waals surface area contributed by atoms with Gasteiger partial charge in [0.25, 0.3) is 5.91 Å². The number of amides is 1. The smallest absolute Gasteiger partial charge is 0.339 e. The van der Waals surface area contributed by atoms with E-state index in [1.54, 1.807) is 13.0 Å². The summed E-state index contributed by atoms with van der Waals surface area (Å²) in [6.45, 7) is 5.44. The van der Waals surface area contributed by atoms with E-state index in [0.717, 1.165) is 27.6 Å². The Balaban J connectivity index is 1.53. The Kier molecular flexibility index (Phi) is 4.26. The molecule has 0 fully saturated rings. The average Bonchev–Trinajstić information content (AvgIpc) is 2.66. The Morgan fingerprint density at radius 2 is 1.93 bits per heavy atom. The van der Waals surface area contributed by atoms with Gasteiger partial charge >= 0.3 is 5.97 Å². The van der Waals surface area contributed by atoms with E-state index in [1.165, 1.54) is 0 Å². The van der Waals surface area contributed by atoms with Crippen molar-refractivity contribution in [1.82, 2.24) is 10.4 Å². The number of rotatable bonds is 3. The van der Waals surface area contributed by atoms with E-state index in [-0.39, 0.29) is 0 Å². The van der Waals surface area contributed by atoms with Gasteiger partial charge in [-0.3, -0.25) is 15.6 Å². The van der Waals surface area contributed by atoms with Gasteiger partial charge in [-0.25, -0.2) is 9.78 Å². The maximum atomic E-state index is 12.8. The highest BCUT2D eigenvalue weighted by molar-refractivity contribution is 5.98. The van der Waals surface area contributed by atoms with Crippen LogP contribution in [0.15, 0.2) is 48.5 Å². The number of benzene rings is 2. The number of para-hydroxylation sites is 1. The SMILES string of the molecule is Cc1ccc2c(c1)C(=O)OC(C)(C(=O)NNc1nc3ccccc3cc1C)C2. The van der Waals surface area contributed by atoms with Crippen LogP contribution < -0.4 is 10.9 Å². The zero-order valence-electron chi connectivity index (χ0n) is 16.0. The molecule has 0 saturated carbocycles. The summed E-state index contributed by atoms with van der Waals surface area (Å²) in [5, 5.41) is 1.02. The number of aromatic nitrogens is 1. The summed E-state index contributed by atoms with van der Waals surface area (Å²) in [7, 11) is 0. The molecule has 4 rings (SSSR count). The fraction of sp³-hybridized carbons (Fsp3) is 0.227. The van der Waals surface area contributed by atoms with Crippen molar-refractivity contribution < 1.29 is 14.3 Å². The van der Waals surface area contributed by atoms with Crippen molar-refractivity contribution in [3.63, 3.8) is 0 Å². The van der Waals surface area contributed by atoms with Crippen molar-refractivity contribution in [3.8, 4) is 0 Å². The Morgan fingerprint density at radius 3 is 2.75 bits per heavy atom. The molecule has 0 saturated heterocycles. The van der Waals surface area contributed by atoms with Gasteiger partial charge in [0.2, 0.25) is 0 Å². The van der Waals surface area contributed by atoms with Crippen LogP contribution in [-0.4, -0.2) is 22.5 Å². The molecule has 0 spiro atoms. The van der Waals surface area contributed by atoms with Crippen LogP contribution in [0.4, 0.5) is 5.82 Å². The molecule has 2 heterocycles. The van der Waals surface area contributed by atoms with E-state index in [1.807, 2.05) is 56.3 Å². The van der Waals surface area contributed by atoms with Gasteiger partial charge in [-0.1, -0.05) is 35.9 Å². The number of fused-ring (bicyclic) bond motifs is 2. The highest BCUT2D eigenvalue weighted by atomic mass is 16.6. The van der Waals surface area contributed by atoms with Gasteiger partial charge in [0.05, 0.1) is 11.1 Å². The molecule has 3 aromatic rings. The van der Waals surface area contributed by atoms with Crippen LogP contribution in [-0.2, 0) is 16.0 Å². The second-order valence-electron chi connectivity index (χ2n) is 7.38. The molecule has 1 atom stereocenters. The standard InChI is InChI=1S/C22H21N3O3/c1-13-8-9-16-12-22(3,28-20(26)17(16)10-13)21(27)25-24-19-14(2)11-15-6-4-5-7-18(15)23-19/h4-11H,12H2,1-3H3,(H,23,24)(H,25,27).